The molecule has 1 heteroatoms. The van der Waals surface area contributed by atoms with Crippen LogP contribution in [0.4, 0.5) is 0 Å². The van der Waals surface area contributed by atoms with Crippen molar-refractivity contribution < 1.29 is 0 Å². The minimum absolute atomic E-state index is 0.685. The van der Waals surface area contributed by atoms with E-state index in [1.165, 1.54) is 102 Å². The molecular formula is C25H45N. The van der Waals surface area contributed by atoms with Crippen LogP contribution in [0.15, 0.2) is 30.3 Å². The third-order valence-corrected chi connectivity index (χ3v) is 5.69. The maximum Gasteiger partial charge on any atom is 0.0130 e. The Morgan fingerprint density at radius 1 is 0.654 bits per heavy atom. The summed E-state index contributed by atoms with van der Waals surface area (Å²) in [7, 11) is 4.46. The quantitative estimate of drug-likeness (QED) is 0.258. The van der Waals surface area contributed by atoms with E-state index in [0.29, 0.717) is 6.04 Å². The van der Waals surface area contributed by atoms with Crippen LogP contribution in [0.1, 0.15) is 102 Å². The molecule has 0 aliphatic carbocycles. The maximum atomic E-state index is 2.41. The SMILES string of the molecule is CCCCCCCCCCCCCCCC(Cc1ccccc1)N(C)C. The summed E-state index contributed by atoms with van der Waals surface area (Å²) >= 11 is 0. The van der Waals surface area contributed by atoms with Gasteiger partial charge in [0.05, 0.1) is 0 Å². The first-order chi connectivity index (χ1) is 12.7. The van der Waals surface area contributed by atoms with Crippen molar-refractivity contribution in [2.45, 2.75) is 109 Å². The van der Waals surface area contributed by atoms with Crippen LogP contribution in [0.5, 0.6) is 0 Å². The number of benzene rings is 1. The first kappa shape index (κ1) is 23.2. The van der Waals surface area contributed by atoms with E-state index in [-0.39, 0.29) is 0 Å². The van der Waals surface area contributed by atoms with Crippen molar-refractivity contribution in [3.63, 3.8) is 0 Å². The number of nitrogens with zero attached hydrogens (tertiary/aromatic N) is 1. The average molecular weight is 360 g/mol. The normalized spacial score (nSPS) is 12.6. The van der Waals surface area contributed by atoms with E-state index in [9.17, 15) is 0 Å². The van der Waals surface area contributed by atoms with Crippen molar-refractivity contribution in [2.75, 3.05) is 14.1 Å². The van der Waals surface area contributed by atoms with E-state index in [2.05, 4.69) is 56.3 Å². The molecule has 1 atom stereocenters. The maximum absolute atomic E-state index is 2.41. The highest BCUT2D eigenvalue weighted by Crippen LogP contribution is 2.16. The zero-order valence-electron chi connectivity index (χ0n) is 18.0. The Bertz CT molecular complexity index is 398. The second-order valence-corrected chi connectivity index (χ2v) is 8.34. The molecule has 0 aliphatic rings. The average Bonchev–Trinajstić information content (AvgIpc) is 2.65. The molecule has 1 aromatic rings. The molecule has 0 radical (unpaired) electrons. The summed E-state index contributed by atoms with van der Waals surface area (Å²) in [5.74, 6) is 0. The monoisotopic (exact) mass is 359 g/mol. The van der Waals surface area contributed by atoms with E-state index in [0.717, 1.165) is 0 Å². The number of rotatable bonds is 17. The largest absolute Gasteiger partial charge is 0.306 e. The third-order valence-electron chi connectivity index (χ3n) is 5.69. The summed E-state index contributed by atoms with van der Waals surface area (Å²) in [4.78, 5) is 2.41. The molecule has 150 valence electrons. The Kier molecular flexibility index (Phi) is 14.6. The first-order valence-corrected chi connectivity index (χ1v) is 11.4. The molecule has 0 aliphatic heterocycles. The van der Waals surface area contributed by atoms with E-state index >= 15 is 0 Å². The van der Waals surface area contributed by atoms with E-state index < -0.39 is 0 Å². The topological polar surface area (TPSA) is 3.24 Å². The Balaban J connectivity index is 1.95. The third kappa shape index (κ3) is 12.5. The van der Waals surface area contributed by atoms with Crippen LogP contribution >= 0.6 is 0 Å². The summed E-state index contributed by atoms with van der Waals surface area (Å²) < 4.78 is 0. The van der Waals surface area contributed by atoms with Crippen LogP contribution < -0.4 is 0 Å². The molecule has 0 fully saturated rings. The van der Waals surface area contributed by atoms with Crippen LogP contribution in [0.3, 0.4) is 0 Å². The number of hydrogen-bond acceptors (Lipinski definition) is 1. The zero-order valence-corrected chi connectivity index (χ0v) is 18.0. The second kappa shape index (κ2) is 16.4. The number of hydrogen-bond donors (Lipinski definition) is 0. The molecule has 1 nitrogen and oxygen atoms in total. The van der Waals surface area contributed by atoms with Crippen molar-refractivity contribution in [3.8, 4) is 0 Å². The van der Waals surface area contributed by atoms with Gasteiger partial charge in [0.25, 0.3) is 0 Å². The molecular weight excluding hydrogens is 314 g/mol. The molecule has 0 heterocycles. The highest BCUT2D eigenvalue weighted by Gasteiger charge is 2.11. The molecule has 0 saturated carbocycles. The van der Waals surface area contributed by atoms with Gasteiger partial charge in [0.1, 0.15) is 0 Å². The fraction of sp³-hybridized carbons (Fsp3) is 0.760. The molecule has 1 aromatic carbocycles. The van der Waals surface area contributed by atoms with Crippen molar-refractivity contribution in [2.24, 2.45) is 0 Å². The molecule has 0 bridgehead atoms. The van der Waals surface area contributed by atoms with Gasteiger partial charge >= 0.3 is 0 Å². The lowest BCUT2D eigenvalue weighted by molar-refractivity contribution is 0.269. The molecule has 1 rings (SSSR count). The zero-order chi connectivity index (χ0) is 18.9. The van der Waals surface area contributed by atoms with Crippen LogP contribution in [-0.4, -0.2) is 25.0 Å². The Hall–Kier alpha value is -0.820. The Morgan fingerprint density at radius 3 is 1.58 bits per heavy atom. The second-order valence-electron chi connectivity index (χ2n) is 8.34. The van der Waals surface area contributed by atoms with Gasteiger partial charge in [-0.15, -0.1) is 0 Å². The minimum Gasteiger partial charge on any atom is -0.306 e. The molecule has 26 heavy (non-hydrogen) atoms. The minimum atomic E-state index is 0.685. The fourth-order valence-electron chi connectivity index (χ4n) is 3.83. The first-order valence-electron chi connectivity index (χ1n) is 11.4. The molecule has 1 unspecified atom stereocenters. The van der Waals surface area contributed by atoms with Gasteiger partial charge in [-0.25, -0.2) is 0 Å². The van der Waals surface area contributed by atoms with Crippen LogP contribution in [-0.2, 0) is 6.42 Å². The summed E-state index contributed by atoms with van der Waals surface area (Å²) in [6.07, 6.45) is 21.2. The van der Waals surface area contributed by atoms with Crippen molar-refractivity contribution in [3.05, 3.63) is 35.9 Å². The van der Waals surface area contributed by atoms with Gasteiger partial charge in [0, 0.05) is 6.04 Å². The van der Waals surface area contributed by atoms with E-state index in [1.807, 2.05) is 0 Å². The van der Waals surface area contributed by atoms with Gasteiger partial charge < -0.3 is 4.90 Å². The molecule has 0 amide bonds. The predicted octanol–water partition coefficient (Wildman–Crippen LogP) is 7.64. The van der Waals surface area contributed by atoms with Gasteiger partial charge in [-0.1, -0.05) is 121 Å². The number of unbranched alkanes of at least 4 members (excludes halogenated alkanes) is 12. The predicted molar refractivity (Wildman–Crippen MR) is 118 cm³/mol. The van der Waals surface area contributed by atoms with Gasteiger partial charge in [-0.3, -0.25) is 0 Å². The van der Waals surface area contributed by atoms with Gasteiger partial charge in [-0.2, -0.15) is 0 Å². The van der Waals surface area contributed by atoms with Crippen LogP contribution in [0.25, 0.3) is 0 Å². The Labute approximate surface area is 164 Å². The van der Waals surface area contributed by atoms with Gasteiger partial charge in [0.15, 0.2) is 0 Å². The highest BCUT2D eigenvalue weighted by molar-refractivity contribution is 5.15. The molecule has 0 N–H and O–H groups in total. The van der Waals surface area contributed by atoms with Crippen molar-refractivity contribution in [1.29, 1.82) is 0 Å². The summed E-state index contributed by atoms with van der Waals surface area (Å²) in [5, 5.41) is 0. The fourth-order valence-corrected chi connectivity index (χ4v) is 3.83. The number of likely N-dealkylation sites (N-methyl/N-ethyl adjacent to an activating group) is 1. The van der Waals surface area contributed by atoms with Crippen LogP contribution in [0.2, 0.25) is 0 Å². The summed E-state index contributed by atoms with van der Waals surface area (Å²) in [6, 6.07) is 11.6. The lowest BCUT2D eigenvalue weighted by atomic mass is 9.98. The van der Waals surface area contributed by atoms with Crippen molar-refractivity contribution in [1.82, 2.24) is 4.90 Å². The van der Waals surface area contributed by atoms with Gasteiger partial charge in [0.2, 0.25) is 0 Å². The summed E-state index contributed by atoms with van der Waals surface area (Å²) in [6.45, 7) is 2.30. The Morgan fingerprint density at radius 2 is 1.12 bits per heavy atom. The summed E-state index contributed by atoms with van der Waals surface area (Å²) in [5.41, 5.74) is 1.47. The molecule has 0 aromatic heterocycles. The lowest BCUT2D eigenvalue weighted by Crippen LogP contribution is -2.30. The standard InChI is InChI=1S/C25H45N/c1-4-5-6-7-8-9-10-11-12-13-14-15-19-22-25(26(2)3)23-24-20-17-16-18-21-24/h16-18,20-21,25H,4-15,19,22-23H2,1-3H3. The van der Waals surface area contributed by atoms with Gasteiger partial charge in [-0.05, 0) is 32.5 Å². The smallest absolute Gasteiger partial charge is 0.0130 e. The van der Waals surface area contributed by atoms with Crippen LogP contribution in [0, 0.1) is 0 Å². The molecule has 0 spiro atoms. The lowest BCUT2D eigenvalue weighted by Gasteiger charge is -2.24. The van der Waals surface area contributed by atoms with E-state index in [1.54, 1.807) is 0 Å². The molecule has 0 saturated heterocycles. The van der Waals surface area contributed by atoms with Crippen molar-refractivity contribution >= 4 is 0 Å². The van der Waals surface area contributed by atoms with E-state index in [4.69, 9.17) is 0 Å². The highest BCUT2D eigenvalue weighted by atomic mass is 15.1.